The maximum Gasteiger partial charge on any atom is 0.303 e. The van der Waals surface area contributed by atoms with Gasteiger partial charge >= 0.3 is 5.97 Å². The molecule has 0 amide bonds. The van der Waals surface area contributed by atoms with E-state index in [-0.39, 0.29) is 0 Å². The molecule has 16 heavy (non-hydrogen) atoms. The molecular weight excluding hydrogens is 204 g/mol. The van der Waals surface area contributed by atoms with Crippen molar-refractivity contribution >= 4 is 5.97 Å². The highest BCUT2D eigenvalue weighted by Gasteiger charge is 2.09. The molecule has 0 aromatic carbocycles. The molecular formula is C12H22N2O2. The number of unbranched alkanes of at least 4 members (excludes halogenated alkanes) is 1. The minimum Gasteiger partial charge on any atom is -0.481 e. The molecule has 1 aromatic heterocycles. The van der Waals surface area contributed by atoms with Crippen molar-refractivity contribution in [3.8, 4) is 0 Å². The van der Waals surface area contributed by atoms with E-state index in [1.54, 1.807) is 18.7 Å². The summed E-state index contributed by atoms with van der Waals surface area (Å²) in [6, 6.07) is 0. The first-order valence-corrected chi connectivity index (χ1v) is 5.85. The van der Waals surface area contributed by atoms with Gasteiger partial charge in [0.05, 0.1) is 6.33 Å². The Hall–Kier alpha value is -1.32. The lowest BCUT2D eigenvalue weighted by Crippen LogP contribution is -2.06. The Bertz CT molecular complexity index is 230. The molecule has 2 N–H and O–H groups in total. The van der Waals surface area contributed by atoms with Crippen molar-refractivity contribution in [1.82, 2.24) is 9.97 Å². The number of hydrogen-bond acceptors (Lipinski definition) is 2. The summed E-state index contributed by atoms with van der Waals surface area (Å²) in [5, 5.41) is 8.51. The average molecular weight is 226 g/mol. The fourth-order valence-electron chi connectivity index (χ4n) is 1.41. The number of carboxylic acids is 1. The van der Waals surface area contributed by atoms with E-state index in [1.165, 1.54) is 0 Å². The van der Waals surface area contributed by atoms with Crippen LogP contribution in [0.5, 0.6) is 0 Å². The van der Waals surface area contributed by atoms with Crippen LogP contribution in [0.25, 0.3) is 0 Å². The van der Waals surface area contributed by atoms with E-state index in [2.05, 4.69) is 23.8 Å². The van der Waals surface area contributed by atoms with Crippen LogP contribution in [0.3, 0.4) is 0 Å². The summed E-state index contributed by atoms with van der Waals surface area (Å²) in [6.45, 7) is 4.19. The molecule has 0 saturated carbocycles. The molecule has 1 unspecified atom stereocenters. The Morgan fingerprint density at radius 1 is 1.50 bits per heavy atom. The van der Waals surface area contributed by atoms with Crippen LogP contribution in [-0.2, 0) is 4.79 Å². The van der Waals surface area contributed by atoms with Crippen LogP contribution in [-0.4, -0.2) is 21.0 Å². The summed E-state index contributed by atoms with van der Waals surface area (Å²) >= 11 is 0. The molecule has 1 aromatic rings. The van der Waals surface area contributed by atoms with Crippen LogP contribution < -0.4 is 0 Å². The third kappa shape index (κ3) is 9.24. The lowest BCUT2D eigenvalue weighted by atomic mass is 9.96. The van der Waals surface area contributed by atoms with Crippen molar-refractivity contribution in [1.29, 1.82) is 0 Å². The van der Waals surface area contributed by atoms with Gasteiger partial charge in [-0.25, -0.2) is 4.98 Å². The maximum absolute atomic E-state index is 10.3. The number of aromatic nitrogens is 2. The van der Waals surface area contributed by atoms with Gasteiger partial charge in [-0.3, -0.25) is 4.79 Å². The second-order valence-corrected chi connectivity index (χ2v) is 3.77. The highest BCUT2D eigenvalue weighted by molar-refractivity contribution is 5.66. The quantitative estimate of drug-likeness (QED) is 0.783. The van der Waals surface area contributed by atoms with Gasteiger partial charge in [0.25, 0.3) is 0 Å². The molecule has 0 bridgehead atoms. The first-order chi connectivity index (χ1) is 7.70. The van der Waals surface area contributed by atoms with Crippen molar-refractivity contribution in [2.75, 3.05) is 0 Å². The van der Waals surface area contributed by atoms with Gasteiger partial charge in [-0.05, 0) is 12.3 Å². The smallest absolute Gasteiger partial charge is 0.303 e. The Morgan fingerprint density at radius 2 is 2.25 bits per heavy atom. The average Bonchev–Trinajstić information content (AvgIpc) is 2.82. The van der Waals surface area contributed by atoms with Crippen LogP contribution in [0.15, 0.2) is 18.7 Å². The molecule has 1 atom stereocenters. The summed E-state index contributed by atoms with van der Waals surface area (Å²) in [6.07, 6.45) is 9.81. The Balaban J connectivity index is 0.000000368. The minimum absolute atomic E-state index is 0.344. The van der Waals surface area contributed by atoms with Gasteiger partial charge in [-0.1, -0.05) is 33.1 Å². The number of nitrogens with zero attached hydrogens (tertiary/aromatic N) is 1. The lowest BCUT2D eigenvalue weighted by Gasteiger charge is -2.10. The molecule has 0 aliphatic heterocycles. The summed E-state index contributed by atoms with van der Waals surface area (Å²) < 4.78 is 0. The number of aliphatic carboxylic acids is 1. The second-order valence-electron chi connectivity index (χ2n) is 3.77. The monoisotopic (exact) mass is 226 g/mol. The first kappa shape index (κ1) is 14.7. The largest absolute Gasteiger partial charge is 0.481 e. The first-order valence-electron chi connectivity index (χ1n) is 5.85. The molecule has 1 rings (SSSR count). The van der Waals surface area contributed by atoms with E-state index in [1.807, 2.05) is 0 Å². The molecule has 0 fully saturated rings. The van der Waals surface area contributed by atoms with Gasteiger partial charge in [-0.15, -0.1) is 0 Å². The van der Waals surface area contributed by atoms with Crippen molar-refractivity contribution in [2.24, 2.45) is 5.92 Å². The van der Waals surface area contributed by atoms with E-state index in [9.17, 15) is 4.79 Å². The van der Waals surface area contributed by atoms with E-state index in [0.717, 1.165) is 25.7 Å². The van der Waals surface area contributed by atoms with Gasteiger partial charge in [0.2, 0.25) is 0 Å². The zero-order valence-corrected chi connectivity index (χ0v) is 10.1. The standard InChI is InChI=1S/C9H18O2.C3H4N2/c1-3-5-6-8(4-2)7-9(10)11;1-2-5-3-4-1/h8H,3-7H2,1-2H3,(H,10,11);1-3H,(H,4,5). The lowest BCUT2D eigenvalue weighted by molar-refractivity contribution is -0.138. The van der Waals surface area contributed by atoms with Gasteiger partial charge in [0.15, 0.2) is 0 Å². The zero-order valence-electron chi connectivity index (χ0n) is 10.1. The number of H-pyrrole nitrogens is 1. The van der Waals surface area contributed by atoms with Gasteiger partial charge < -0.3 is 10.1 Å². The third-order valence-electron chi connectivity index (χ3n) is 2.41. The highest BCUT2D eigenvalue weighted by atomic mass is 16.4. The molecule has 0 saturated heterocycles. The van der Waals surface area contributed by atoms with E-state index >= 15 is 0 Å². The number of nitrogens with one attached hydrogen (secondary N) is 1. The van der Waals surface area contributed by atoms with Gasteiger partial charge in [0, 0.05) is 18.8 Å². The maximum atomic E-state index is 10.3. The van der Waals surface area contributed by atoms with E-state index in [0.29, 0.717) is 12.3 Å². The molecule has 92 valence electrons. The van der Waals surface area contributed by atoms with Crippen molar-refractivity contribution in [3.05, 3.63) is 18.7 Å². The zero-order chi connectivity index (χ0) is 12.2. The van der Waals surface area contributed by atoms with Crippen LogP contribution in [0, 0.1) is 5.92 Å². The van der Waals surface area contributed by atoms with Gasteiger partial charge in [-0.2, -0.15) is 0 Å². The Labute approximate surface area is 97.1 Å². The molecule has 0 aliphatic carbocycles. The van der Waals surface area contributed by atoms with E-state index < -0.39 is 5.97 Å². The molecule has 4 nitrogen and oxygen atoms in total. The molecule has 0 spiro atoms. The second kappa shape index (κ2) is 10.2. The van der Waals surface area contributed by atoms with Crippen LogP contribution in [0.1, 0.15) is 46.0 Å². The van der Waals surface area contributed by atoms with Crippen molar-refractivity contribution in [3.63, 3.8) is 0 Å². The van der Waals surface area contributed by atoms with Crippen LogP contribution in [0.2, 0.25) is 0 Å². The number of aromatic amines is 1. The van der Waals surface area contributed by atoms with Crippen LogP contribution >= 0.6 is 0 Å². The number of carboxylic acid groups (broad SMARTS) is 1. The van der Waals surface area contributed by atoms with E-state index in [4.69, 9.17) is 5.11 Å². The topological polar surface area (TPSA) is 66.0 Å². The van der Waals surface area contributed by atoms with Crippen molar-refractivity contribution in [2.45, 2.75) is 46.0 Å². The molecule has 0 radical (unpaired) electrons. The number of carbonyl (C=O) groups is 1. The Morgan fingerprint density at radius 3 is 2.56 bits per heavy atom. The SMILES string of the molecule is CCCCC(CC)CC(=O)O.c1c[nH]cn1. The number of rotatable bonds is 6. The van der Waals surface area contributed by atoms with Crippen LogP contribution in [0.4, 0.5) is 0 Å². The number of imidazole rings is 1. The molecule has 1 heterocycles. The predicted octanol–water partition coefficient (Wildman–Crippen LogP) is 3.09. The normalized spacial score (nSPS) is 11.4. The molecule has 0 aliphatic rings. The molecule has 4 heteroatoms. The summed E-state index contributed by atoms with van der Waals surface area (Å²) in [5.41, 5.74) is 0. The van der Waals surface area contributed by atoms with Gasteiger partial charge in [0.1, 0.15) is 0 Å². The Kier molecular flexibility index (Phi) is 9.36. The summed E-state index contributed by atoms with van der Waals surface area (Å²) in [7, 11) is 0. The third-order valence-corrected chi connectivity index (χ3v) is 2.41. The highest BCUT2D eigenvalue weighted by Crippen LogP contribution is 2.15. The number of hydrogen-bond donors (Lipinski definition) is 2. The predicted molar refractivity (Wildman–Crippen MR) is 64.1 cm³/mol. The summed E-state index contributed by atoms with van der Waals surface area (Å²) in [5.74, 6) is -0.264. The summed E-state index contributed by atoms with van der Waals surface area (Å²) in [4.78, 5) is 16.7. The fourth-order valence-corrected chi connectivity index (χ4v) is 1.41. The minimum atomic E-state index is -0.659. The fraction of sp³-hybridized carbons (Fsp3) is 0.667. The van der Waals surface area contributed by atoms with Crippen molar-refractivity contribution < 1.29 is 9.90 Å².